The standard InChI is InChI=1S/C17H28N4/c1-20-9-7-14(8-10-20)13-21(2)17-6-3-15(12-19-17)11-18-16-4-5-16/h3,6,12,14,16,18H,4-5,7-11,13H2,1-2H3. The predicted molar refractivity (Wildman–Crippen MR) is 87.6 cm³/mol. The highest BCUT2D eigenvalue weighted by atomic mass is 15.2. The molecule has 1 saturated carbocycles. The van der Waals surface area contributed by atoms with Crippen LogP contribution in [0.25, 0.3) is 0 Å². The smallest absolute Gasteiger partial charge is 0.128 e. The van der Waals surface area contributed by atoms with Crippen molar-refractivity contribution in [1.82, 2.24) is 15.2 Å². The number of hydrogen-bond acceptors (Lipinski definition) is 4. The zero-order valence-corrected chi connectivity index (χ0v) is 13.4. The maximum atomic E-state index is 4.63. The minimum absolute atomic E-state index is 0.761. The van der Waals surface area contributed by atoms with E-state index in [2.05, 4.69) is 46.3 Å². The second-order valence-corrected chi connectivity index (χ2v) is 6.81. The van der Waals surface area contributed by atoms with Crippen molar-refractivity contribution in [2.75, 3.05) is 38.6 Å². The van der Waals surface area contributed by atoms with Crippen LogP contribution in [-0.2, 0) is 6.54 Å². The van der Waals surface area contributed by atoms with E-state index >= 15 is 0 Å². The zero-order chi connectivity index (χ0) is 14.7. The molecule has 1 aliphatic heterocycles. The molecule has 1 aromatic heterocycles. The fraction of sp³-hybridized carbons (Fsp3) is 0.706. The van der Waals surface area contributed by atoms with Crippen molar-refractivity contribution >= 4 is 5.82 Å². The van der Waals surface area contributed by atoms with E-state index in [0.29, 0.717) is 0 Å². The van der Waals surface area contributed by atoms with E-state index < -0.39 is 0 Å². The van der Waals surface area contributed by atoms with Crippen molar-refractivity contribution in [2.45, 2.75) is 38.3 Å². The number of rotatable bonds is 6. The summed E-state index contributed by atoms with van der Waals surface area (Å²) in [4.78, 5) is 9.37. The molecule has 4 heteroatoms. The van der Waals surface area contributed by atoms with Crippen LogP contribution in [0.15, 0.2) is 18.3 Å². The number of anilines is 1. The topological polar surface area (TPSA) is 31.4 Å². The Hall–Kier alpha value is -1.13. The average molecular weight is 288 g/mol. The first-order chi connectivity index (χ1) is 10.2. The Labute approximate surface area is 128 Å². The second kappa shape index (κ2) is 6.75. The number of nitrogens with zero attached hydrogens (tertiary/aromatic N) is 3. The highest BCUT2D eigenvalue weighted by molar-refractivity contribution is 5.38. The summed E-state index contributed by atoms with van der Waals surface area (Å²) in [6.45, 7) is 4.55. The fourth-order valence-electron chi connectivity index (χ4n) is 3.02. The fourth-order valence-corrected chi connectivity index (χ4v) is 3.02. The number of aromatic nitrogens is 1. The number of likely N-dealkylation sites (tertiary alicyclic amines) is 1. The van der Waals surface area contributed by atoms with Crippen LogP contribution >= 0.6 is 0 Å². The first-order valence-corrected chi connectivity index (χ1v) is 8.28. The summed E-state index contributed by atoms with van der Waals surface area (Å²) in [5.74, 6) is 1.91. The molecule has 1 aliphatic carbocycles. The Bertz CT molecular complexity index is 433. The van der Waals surface area contributed by atoms with Gasteiger partial charge < -0.3 is 15.1 Å². The molecule has 0 unspecified atom stereocenters. The van der Waals surface area contributed by atoms with Crippen molar-refractivity contribution in [2.24, 2.45) is 5.92 Å². The van der Waals surface area contributed by atoms with E-state index in [0.717, 1.165) is 30.9 Å². The van der Waals surface area contributed by atoms with Crippen LogP contribution in [0, 0.1) is 5.92 Å². The Kier molecular flexibility index (Phi) is 4.76. The largest absolute Gasteiger partial charge is 0.359 e. The quantitative estimate of drug-likeness (QED) is 0.869. The molecule has 0 bridgehead atoms. The number of pyridine rings is 1. The van der Waals surface area contributed by atoms with Crippen LogP contribution in [0.1, 0.15) is 31.2 Å². The van der Waals surface area contributed by atoms with Gasteiger partial charge in [0.1, 0.15) is 5.82 Å². The Morgan fingerprint density at radius 1 is 1.24 bits per heavy atom. The normalized spacial score (nSPS) is 20.7. The molecule has 0 aromatic carbocycles. The van der Waals surface area contributed by atoms with Crippen LogP contribution < -0.4 is 10.2 Å². The van der Waals surface area contributed by atoms with Crippen molar-refractivity contribution < 1.29 is 0 Å². The molecule has 0 amide bonds. The summed E-state index contributed by atoms with van der Waals surface area (Å²) in [5.41, 5.74) is 1.29. The third kappa shape index (κ3) is 4.42. The van der Waals surface area contributed by atoms with Gasteiger partial charge in [-0.25, -0.2) is 4.98 Å². The van der Waals surface area contributed by atoms with E-state index in [1.165, 1.54) is 44.3 Å². The van der Waals surface area contributed by atoms with Gasteiger partial charge in [-0.3, -0.25) is 0 Å². The minimum atomic E-state index is 0.761. The van der Waals surface area contributed by atoms with Gasteiger partial charge >= 0.3 is 0 Å². The molecule has 1 aromatic rings. The number of hydrogen-bond donors (Lipinski definition) is 1. The lowest BCUT2D eigenvalue weighted by molar-refractivity contribution is 0.222. The molecule has 2 aliphatic rings. The van der Waals surface area contributed by atoms with Gasteiger partial charge in [0, 0.05) is 32.4 Å². The van der Waals surface area contributed by atoms with Gasteiger partial charge in [0.25, 0.3) is 0 Å². The summed E-state index contributed by atoms with van der Waals surface area (Å²) in [7, 11) is 4.39. The van der Waals surface area contributed by atoms with E-state index in [1.807, 2.05) is 6.20 Å². The summed E-state index contributed by atoms with van der Waals surface area (Å²) in [6.07, 6.45) is 7.32. The third-order valence-corrected chi connectivity index (χ3v) is 4.74. The maximum absolute atomic E-state index is 4.63. The predicted octanol–water partition coefficient (Wildman–Crippen LogP) is 2.11. The lowest BCUT2D eigenvalue weighted by atomic mass is 9.97. The molecule has 116 valence electrons. The van der Waals surface area contributed by atoms with Gasteiger partial charge in [0.15, 0.2) is 0 Å². The highest BCUT2D eigenvalue weighted by Gasteiger charge is 2.20. The molecule has 4 nitrogen and oxygen atoms in total. The first-order valence-electron chi connectivity index (χ1n) is 8.28. The van der Waals surface area contributed by atoms with Crippen LogP contribution in [0.5, 0.6) is 0 Å². The first kappa shape index (κ1) is 14.8. The van der Waals surface area contributed by atoms with Gasteiger partial charge in [-0.05, 0) is 63.4 Å². The molecule has 1 N–H and O–H groups in total. The van der Waals surface area contributed by atoms with Crippen molar-refractivity contribution in [3.8, 4) is 0 Å². The summed E-state index contributed by atoms with van der Waals surface area (Å²) in [5, 5.41) is 3.53. The second-order valence-electron chi connectivity index (χ2n) is 6.81. The molecule has 0 atom stereocenters. The lowest BCUT2D eigenvalue weighted by Crippen LogP contribution is -2.35. The van der Waals surface area contributed by atoms with Crippen LogP contribution in [0.4, 0.5) is 5.82 Å². The van der Waals surface area contributed by atoms with Gasteiger partial charge in [-0.2, -0.15) is 0 Å². The average Bonchev–Trinajstić information content (AvgIpc) is 3.32. The Balaban J connectivity index is 1.48. The van der Waals surface area contributed by atoms with E-state index in [4.69, 9.17) is 0 Å². The molecule has 1 saturated heterocycles. The Morgan fingerprint density at radius 3 is 2.62 bits per heavy atom. The van der Waals surface area contributed by atoms with Crippen molar-refractivity contribution in [3.63, 3.8) is 0 Å². The molecular weight excluding hydrogens is 260 g/mol. The summed E-state index contributed by atoms with van der Waals surface area (Å²) >= 11 is 0. The van der Waals surface area contributed by atoms with E-state index in [9.17, 15) is 0 Å². The van der Waals surface area contributed by atoms with Crippen LogP contribution in [0.2, 0.25) is 0 Å². The Morgan fingerprint density at radius 2 is 2.00 bits per heavy atom. The van der Waals surface area contributed by atoms with Gasteiger partial charge in [0.05, 0.1) is 0 Å². The molecule has 0 spiro atoms. The van der Waals surface area contributed by atoms with Gasteiger partial charge in [-0.15, -0.1) is 0 Å². The van der Waals surface area contributed by atoms with Crippen molar-refractivity contribution in [3.05, 3.63) is 23.9 Å². The summed E-state index contributed by atoms with van der Waals surface area (Å²) < 4.78 is 0. The number of nitrogens with one attached hydrogen (secondary N) is 1. The zero-order valence-electron chi connectivity index (χ0n) is 13.4. The van der Waals surface area contributed by atoms with E-state index in [1.54, 1.807) is 0 Å². The maximum Gasteiger partial charge on any atom is 0.128 e. The van der Waals surface area contributed by atoms with Gasteiger partial charge in [0.2, 0.25) is 0 Å². The third-order valence-electron chi connectivity index (χ3n) is 4.74. The molecule has 21 heavy (non-hydrogen) atoms. The minimum Gasteiger partial charge on any atom is -0.359 e. The van der Waals surface area contributed by atoms with Crippen LogP contribution in [-0.4, -0.2) is 49.7 Å². The highest BCUT2D eigenvalue weighted by Crippen LogP contribution is 2.21. The number of piperidine rings is 1. The molecule has 2 fully saturated rings. The molecule has 2 heterocycles. The lowest BCUT2D eigenvalue weighted by Gasteiger charge is -2.32. The monoisotopic (exact) mass is 288 g/mol. The molecular formula is C17H28N4. The van der Waals surface area contributed by atoms with Gasteiger partial charge in [-0.1, -0.05) is 6.07 Å². The van der Waals surface area contributed by atoms with Crippen LogP contribution in [0.3, 0.4) is 0 Å². The SMILES string of the molecule is CN1CCC(CN(C)c2ccc(CNC3CC3)cn2)CC1. The summed E-state index contributed by atoms with van der Waals surface area (Å²) in [6, 6.07) is 5.14. The molecule has 3 rings (SSSR count). The molecule has 0 radical (unpaired) electrons. The van der Waals surface area contributed by atoms with Crippen molar-refractivity contribution in [1.29, 1.82) is 0 Å². The van der Waals surface area contributed by atoms with E-state index in [-0.39, 0.29) is 0 Å².